The summed E-state index contributed by atoms with van der Waals surface area (Å²) in [6.45, 7) is 3.27. The Balaban J connectivity index is 1.52. The molecule has 0 saturated carbocycles. The molecule has 0 aliphatic carbocycles. The summed E-state index contributed by atoms with van der Waals surface area (Å²) in [6, 6.07) is 13.3. The van der Waals surface area contributed by atoms with E-state index in [1.165, 1.54) is 5.56 Å². The normalized spacial score (nSPS) is 15.2. The SMILES string of the molecule is CCc1cccc(NC(=S)NN=Cc2cn(C)c3ccc(S(=O)(=O)N4CCCCC4)cc23)c1. The minimum atomic E-state index is -3.50. The van der Waals surface area contributed by atoms with E-state index in [9.17, 15) is 8.42 Å². The number of anilines is 1. The fourth-order valence-corrected chi connectivity index (χ4v) is 5.82. The number of nitrogens with zero attached hydrogens (tertiary/aromatic N) is 3. The van der Waals surface area contributed by atoms with E-state index >= 15 is 0 Å². The van der Waals surface area contributed by atoms with Crippen LogP contribution in [-0.4, -0.2) is 41.7 Å². The van der Waals surface area contributed by atoms with Crippen LogP contribution in [0.2, 0.25) is 0 Å². The molecular formula is C24H29N5O2S2. The zero-order valence-electron chi connectivity index (χ0n) is 18.9. The monoisotopic (exact) mass is 483 g/mol. The first kappa shape index (κ1) is 23.4. The molecule has 1 aromatic heterocycles. The first-order chi connectivity index (χ1) is 15.9. The largest absolute Gasteiger partial charge is 0.350 e. The third-order valence-electron chi connectivity index (χ3n) is 5.91. The van der Waals surface area contributed by atoms with Crippen molar-refractivity contribution in [3.05, 3.63) is 59.8 Å². The molecule has 0 amide bonds. The van der Waals surface area contributed by atoms with Gasteiger partial charge in [-0.25, -0.2) is 8.42 Å². The van der Waals surface area contributed by atoms with Crippen molar-refractivity contribution in [1.82, 2.24) is 14.3 Å². The van der Waals surface area contributed by atoms with E-state index in [0.717, 1.165) is 47.8 Å². The average Bonchev–Trinajstić information content (AvgIpc) is 3.14. The molecule has 2 heterocycles. The van der Waals surface area contributed by atoms with E-state index in [4.69, 9.17) is 12.2 Å². The van der Waals surface area contributed by atoms with Gasteiger partial charge in [0.1, 0.15) is 0 Å². The summed E-state index contributed by atoms with van der Waals surface area (Å²) >= 11 is 5.35. The van der Waals surface area contributed by atoms with Crippen LogP contribution in [0.25, 0.3) is 10.9 Å². The Morgan fingerprint density at radius 1 is 1.15 bits per heavy atom. The van der Waals surface area contributed by atoms with Crippen LogP contribution in [0.4, 0.5) is 5.69 Å². The lowest BCUT2D eigenvalue weighted by Crippen LogP contribution is -2.35. The van der Waals surface area contributed by atoms with Crippen molar-refractivity contribution in [2.45, 2.75) is 37.5 Å². The molecule has 1 saturated heterocycles. The smallest absolute Gasteiger partial charge is 0.243 e. The summed E-state index contributed by atoms with van der Waals surface area (Å²) in [5, 5.41) is 8.61. The number of piperidine rings is 1. The molecule has 0 spiro atoms. The number of rotatable bonds is 6. The van der Waals surface area contributed by atoms with Gasteiger partial charge in [0, 0.05) is 48.5 Å². The lowest BCUT2D eigenvalue weighted by Gasteiger charge is -2.25. The Kier molecular flexibility index (Phi) is 7.11. The molecule has 0 unspecified atom stereocenters. The van der Waals surface area contributed by atoms with Gasteiger partial charge >= 0.3 is 0 Å². The number of hydrogen-bond donors (Lipinski definition) is 2. The van der Waals surface area contributed by atoms with Gasteiger partial charge in [0.2, 0.25) is 10.0 Å². The molecule has 174 valence electrons. The third kappa shape index (κ3) is 5.26. The highest BCUT2D eigenvalue weighted by atomic mass is 32.2. The molecule has 4 rings (SSSR count). The fraction of sp³-hybridized carbons (Fsp3) is 0.333. The van der Waals surface area contributed by atoms with Crippen LogP contribution in [0.5, 0.6) is 0 Å². The Morgan fingerprint density at radius 2 is 1.94 bits per heavy atom. The minimum Gasteiger partial charge on any atom is -0.350 e. The van der Waals surface area contributed by atoms with Crippen molar-refractivity contribution in [1.29, 1.82) is 0 Å². The van der Waals surface area contributed by atoms with E-state index in [-0.39, 0.29) is 0 Å². The van der Waals surface area contributed by atoms with Gasteiger partial charge in [0.15, 0.2) is 5.11 Å². The number of benzene rings is 2. The Labute approximate surface area is 200 Å². The number of aromatic nitrogens is 1. The highest BCUT2D eigenvalue weighted by Crippen LogP contribution is 2.26. The minimum absolute atomic E-state index is 0.318. The number of nitrogens with one attached hydrogen (secondary N) is 2. The fourth-order valence-electron chi connectivity index (χ4n) is 4.11. The number of thiocarbonyl (C=S) groups is 1. The topological polar surface area (TPSA) is 78.7 Å². The zero-order chi connectivity index (χ0) is 23.4. The summed E-state index contributed by atoms with van der Waals surface area (Å²) in [4.78, 5) is 0.318. The average molecular weight is 484 g/mol. The van der Waals surface area contributed by atoms with Crippen molar-refractivity contribution in [2.24, 2.45) is 12.1 Å². The molecule has 33 heavy (non-hydrogen) atoms. The van der Waals surface area contributed by atoms with Gasteiger partial charge in [-0.05, 0) is 67.4 Å². The van der Waals surface area contributed by atoms with Crippen LogP contribution in [-0.2, 0) is 23.5 Å². The quantitative estimate of drug-likeness (QED) is 0.312. The molecule has 9 heteroatoms. The molecule has 2 aromatic carbocycles. The second-order valence-electron chi connectivity index (χ2n) is 8.22. The maximum atomic E-state index is 13.1. The Hall–Kier alpha value is -2.75. The number of aryl methyl sites for hydroxylation is 2. The zero-order valence-corrected chi connectivity index (χ0v) is 20.5. The maximum Gasteiger partial charge on any atom is 0.243 e. The first-order valence-electron chi connectivity index (χ1n) is 11.2. The van der Waals surface area contributed by atoms with Crippen LogP contribution in [0, 0.1) is 0 Å². The molecular weight excluding hydrogens is 454 g/mol. The summed E-state index contributed by atoms with van der Waals surface area (Å²) in [7, 11) is -1.57. The lowest BCUT2D eigenvalue weighted by molar-refractivity contribution is 0.346. The van der Waals surface area contributed by atoms with Crippen LogP contribution < -0.4 is 10.7 Å². The van der Waals surface area contributed by atoms with Crippen LogP contribution >= 0.6 is 12.2 Å². The Bertz CT molecular complexity index is 1290. The van der Waals surface area contributed by atoms with Crippen molar-refractivity contribution in [2.75, 3.05) is 18.4 Å². The number of fused-ring (bicyclic) bond motifs is 1. The van der Waals surface area contributed by atoms with Gasteiger partial charge in [-0.2, -0.15) is 9.41 Å². The van der Waals surface area contributed by atoms with Gasteiger partial charge < -0.3 is 9.88 Å². The van der Waals surface area contributed by atoms with E-state index in [2.05, 4.69) is 28.8 Å². The molecule has 0 atom stereocenters. The second kappa shape index (κ2) is 10.0. The summed E-state index contributed by atoms with van der Waals surface area (Å²) < 4.78 is 29.8. The number of hydrogen-bond acceptors (Lipinski definition) is 4. The van der Waals surface area contributed by atoms with E-state index in [1.54, 1.807) is 22.7 Å². The summed E-state index contributed by atoms with van der Waals surface area (Å²) in [5.41, 5.74) is 6.71. The van der Waals surface area contributed by atoms with Gasteiger partial charge in [-0.3, -0.25) is 5.43 Å². The molecule has 2 N–H and O–H groups in total. The molecule has 3 aromatic rings. The van der Waals surface area contributed by atoms with Crippen LogP contribution in [0.15, 0.2) is 58.7 Å². The van der Waals surface area contributed by atoms with Gasteiger partial charge in [0.25, 0.3) is 0 Å². The van der Waals surface area contributed by atoms with E-state index < -0.39 is 10.0 Å². The van der Waals surface area contributed by atoms with Gasteiger partial charge in [0.05, 0.1) is 11.1 Å². The Morgan fingerprint density at radius 3 is 2.70 bits per heavy atom. The van der Waals surface area contributed by atoms with Crippen LogP contribution in [0.1, 0.15) is 37.3 Å². The molecule has 7 nitrogen and oxygen atoms in total. The van der Waals surface area contributed by atoms with Crippen molar-refractivity contribution >= 4 is 50.2 Å². The number of hydrazone groups is 1. The summed E-state index contributed by atoms with van der Waals surface area (Å²) in [5.74, 6) is 0. The maximum absolute atomic E-state index is 13.1. The predicted molar refractivity (Wildman–Crippen MR) is 138 cm³/mol. The van der Waals surface area contributed by atoms with Crippen molar-refractivity contribution < 1.29 is 8.42 Å². The first-order valence-corrected chi connectivity index (χ1v) is 13.0. The van der Waals surface area contributed by atoms with Crippen molar-refractivity contribution in [3.8, 4) is 0 Å². The lowest BCUT2D eigenvalue weighted by atomic mass is 10.1. The van der Waals surface area contributed by atoms with E-state index in [0.29, 0.717) is 23.1 Å². The van der Waals surface area contributed by atoms with Crippen LogP contribution in [0.3, 0.4) is 0 Å². The van der Waals surface area contributed by atoms with Crippen molar-refractivity contribution in [3.63, 3.8) is 0 Å². The van der Waals surface area contributed by atoms with Gasteiger partial charge in [-0.1, -0.05) is 25.5 Å². The number of sulfonamides is 1. The van der Waals surface area contributed by atoms with E-state index in [1.807, 2.05) is 42.1 Å². The molecule has 0 radical (unpaired) electrons. The molecule has 1 aliphatic rings. The molecule has 0 bridgehead atoms. The molecule has 1 aliphatic heterocycles. The highest BCUT2D eigenvalue weighted by molar-refractivity contribution is 7.89. The standard InChI is InChI=1S/C24H29N5O2S2/c1-3-18-8-7-9-20(14-18)26-24(32)27-25-16-19-17-28(2)23-11-10-21(15-22(19)23)33(30,31)29-12-5-4-6-13-29/h7-11,14-17H,3-6,12-13H2,1-2H3,(H2,26,27,32). The third-order valence-corrected chi connectivity index (χ3v) is 8.00. The highest BCUT2D eigenvalue weighted by Gasteiger charge is 2.26. The summed E-state index contributed by atoms with van der Waals surface area (Å²) in [6.07, 6.45) is 7.44. The second-order valence-corrected chi connectivity index (χ2v) is 10.6. The molecule has 1 fully saturated rings. The predicted octanol–water partition coefficient (Wildman–Crippen LogP) is 4.24. The van der Waals surface area contributed by atoms with Gasteiger partial charge in [-0.15, -0.1) is 0 Å².